The Balaban J connectivity index is 3.94. The molecule has 0 aliphatic heterocycles. The highest BCUT2D eigenvalue weighted by Gasteiger charge is 2.06. The summed E-state index contributed by atoms with van der Waals surface area (Å²) in [4.78, 5) is 4.38. The van der Waals surface area contributed by atoms with Gasteiger partial charge in [0.25, 0.3) is 0 Å². The second-order valence-electron chi connectivity index (χ2n) is 3.07. The van der Waals surface area contributed by atoms with Gasteiger partial charge in [0.2, 0.25) is 0 Å². The smallest absolute Gasteiger partial charge is 0.0898 e. The van der Waals surface area contributed by atoms with E-state index in [0.29, 0.717) is 12.3 Å². The molecule has 0 rings (SSSR count). The van der Waals surface area contributed by atoms with Crippen LogP contribution in [0.25, 0.3) is 0 Å². The molecule has 0 spiro atoms. The van der Waals surface area contributed by atoms with Crippen molar-refractivity contribution < 1.29 is 4.39 Å². The summed E-state index contributed by atoms with van der Waals surface area (Å²) < 4.78 is 11.9. The largest absolute Gasteiger partial charge is 0.294 e. The molecule has 12 heavy (non-hydrogen) atoms. The first-order valence-electron chi connectivity index (χ1n) is 4.85. The van der Waals surface area contributed by atoms with Crippen LogP contribution in [0.15, 0.2) is 4.99 Å². The van der Waals surface area contributed by atoms with Gasteiger partial charge < -0.3 is 0 Å². The third kappa shape index (κ3) is 4.47. The zero-order chi connectivity index (χ0) is 9.40. The highest BCUT2D eigenvalue weighted by atomic mass is 19.1. The van der Waals surface area contributed by atoms with Gasteiger partial charge in [-0.1, -0.05) is 13.8 Å². The minimum absolute atomic E-state index is 0.223. The van der Waals surface area contributed by atoms with Crippen LogP contribution in [-0.4, -0.2) is 18.9 Å². The number of aliphatic imine (C=N–C) groups is 1. The lowest BCUT2D eigenvalue weighted by atomic mass is 9.99. The van der Waals surface area contributed by atoms with Crippen molar-refractivity contribution in [2.24, 2.45) is 10.9 Å². The number of hydrogen-bond acceptors (Lipinski definition) is 1. The van der Waals surface area contributed by atoms with Gasteiger partial charge in [-0.2, -0.15) is 0 Å². The molecule has 0 aromatic heterocycles. The van der Waals surface area contributed by atoms with Crippen LogP contribution in [0.5, 0.6) is 0 Å². The second-order valence-corrected chi connectivity index (χ2v) is 3.07. The summed E-state index contributed by atoms with van der Waals surface area (Å²) in [5, 5.41) is 0. The van der Waals surface area contributed by atoms with Crippen LogP contribution >= 0.6 is 0 Å². The SMILES string of the molecule is CC/N=C(/CCCF)C(C)CC. The average molecular weight is 173 g/mol. The van der Waals surface area contributed by atoms with Gasteiger partial charge in [-0.25, -0.2) is 0 Å². The normalized spacial score (nSPS) is 14.8. The molecule has 1 unspecified atom stereocenters. The van der Waals surface area contributed by atoms with Gasteiger partial charge in [0.1, 0.15) is 0 Å². The maximum Gasteiger partial charge on any atom is 0.0898 e. The molecule has 0 aliphatic carbocycles. The van der Waals surface area contributed by atoms with Crippen molar-refractivity contribution in [2.75, 3.05) is 13.2 Å². The predicted octanol–water partition coefficient (Wildman–Crippen LogP) is 3.24. The first kappa shape index (κ1) is 11.6. The molecular formula is C10H20FN. The Kier molecular flexibility index (Phi) is 7.02. The Morgan fingerprint density at radius 2 is 2.08 bits per heavy atom. The van der Waals surface area contributed by atoms with E-state index in [-0.39, 0.29) is 6.67 Å². The Bertz CT molecular complexity index is 132. The maximum atomic E-state index is 11.9. The van der Waals surface area contributed by atoms with E-state index in [2.05, 4.69) is 18.8 Å². The lowest BCUT2D eigenvalue weighted by Crippen LogP contribution is -2.11. The molecule has 0 saturated heterocycles. The average Bonchev–Trinajstić information content (AvgIpc) is 2.11. The number of halogens is 1. The van der Waals surface area contributed by atoms with Crippen molar-refractivity contribution in [2.45, 2.75) is 40.0 Å². The molecule has 0 aromatic carbocycles. The van der Waals surface area contributed by atoms with Gasteiger partial charge in [0.05, 0.1) is 6.67 Å². The number of rotatable bonds is 6. The van der Waals surface area contributed by atoms with Crippen LogP contribution in [0.2, 0.25) is 0 Å². The van der Waals surface area contributed by atoms with Crippen molar-refractivity contribution in [1.29, 1.82) is 0 Å². The zero-order valence-corrected chi connectivity index (χ0v) is 8.44. The first-order valence-corrected chi connectivity index (χ1v) is 4.85. The van der Waals surface area contributed by atoms with Crippen molar-refractivity contribution in [3.8, 4) is 0 Å². The summed E-state index contributed by atoms with van der Waals surface area (Å²) in [7, 11) is 0. The van der Waals surface area contributed by atoms with E-state index >= 15 is 0 Å². The second kappa shape index (κ2) is 7.26. The summed E-state index contributed by atoms with van der Waals surface area (Å²) in [6.45, 7) is 6.93. The minimum Gasteiger partial charge on any atom is -0.294 e. The number of hydrogen-bond donors (Lipinski definition) is 0. The van der Waals surface area contributed by atoms with E-state index in [0.717, 1.165) is 19.4 Å². The van der Waals surface area contributed by atoms with Gasteiger partial charge in [-0.05, 0) is 32.1 Å². The molecule has 0 aromatic rings. The number of alkyl halides is 1. The summed E-state index contributed by atoms with van der Waals surface area (Å²) in [5.74, 6) is 0.525. The summed E-state index contributed by atoms with van der Waals surface area (Å²) in [6.07, 6.45) is 2.56. The highest BCUT2D eigenvalue weighted by molar-refractivity contribution is 5.86. The van der Waals surface area contributed by atoms with Crippen LogP contribution in [0, 0.1) is 5.92 Å². The lowest BCUT2D eigenvalue weighted by molar-refractivity contribution is 0.476. The van der Waals surface area contributed by atoms with Gasteiger partial charge in [0, 0.05) is 12.3 Å². The third-order valence-corrected chi connectivity index (χ3v) is 2.11. The fourth-order valence-electron chi connectivity index (χ4n) is 1.17. The summed E-state index contributed by atoms with van der Waals surface area (Å²) >= 11 is 0. The van der Waals surface area contributed by atoms with Crippen LogP contribution in [0.3, 0.4) is 0 Å². The Labute approximate surface area is 75.1 Å². The molecular weight excluding hydrogens is 153 g/mol. The fraction of sp³-hybridized carbons (Fsp3) is 0.900. The van der Waals surface area contributed by atoms with Gasteiger partial charge in [0.15, 0.2) is 0 Å². The van der Waals surface area contributed by atoms with Crippen LogP contribution < -0.4 is 0 Å². The van der Waals surface area contributed by atoms with E-state index in [9.17, 15) is 4.39 Å². The topological polar surface area (TPSA) is 12.4 Å². The fourth-order valence-corrected chi connectivity index (χ4v) is 1.17. The molecule has 0 fully saturated rings. The van der Waals surface area contributed by atoms with Crippen molar-refractivity contribution in [3.63, 3.8) is 0 Å². The molecule has 0 heterocycles. The quantitative estimate of drug-likeness (QED) is 0.547. The van der Waals surface area contributed by atoms with Crippen molar-refractivity contribution >= 4 is 5.71 Å². The maximum absolute atomic E-state index is 11.9. The minimum atomic E-state index is -0.223. The highest BCUT2D eigenvalue weighted by Crippen LogP contribution is 2.09. The van der Waals surface area contributed by atoms with Crippen LogP contribution in [-0.2, 0) is 0 Å². The van der Waals surface area contributed by atoms with Crippen molar-refractivity contribution in [3.05, 3.63) is 0 Å². The zero-order valence-electron chi connectivity index (χ0n) is 8.44. The molecule has 0 N–H and O–H groups in total. The van der Waals surface area contributed by atoms with Crippen LogP contribution in [0.4, 0.5) is 4.39 Å². The molecule has 0 amide bonds. The van der Waals surface area contributed by atoms with E-state index in [4.69, 9.17) is 0 Å². The molecule has 0 bridgehead atoms. The third-order valence-electron chi connectivity index (χ3n) is 2.11. The molecule has 72 valence electrons. The van der Waals surface area contributed by atoms with E-state index < -0.39 is 0 Å². The lowest BCUT2D eigenvalue weighted by Gasteiger charge is -2.11. The summed E-state index contributed by atoms with van der Waals surface area (Å²) in [6, 6.07) is 0. The Morgan fingerprint density at radius 3 is 2.50 bits per heavy atom. The van der Waals surface area contributed by atoms with E-state index in [1.165, 1.54) is 5.71 Å². The molecule has 0 aliphatic rings. The van der Waals surface area contributed by atoms with Crippen LogP contribution in [0.1, 0.15) is 40.0 Å². The molecule has 0 radical (unpaired) electrons. The van der Waals surface area contributed by atoms with Crippen molar-refractivity contribution in [1.82, 2.24) is 0 Å². The molecule has 0 saturated carbocycles. The standard InChI is InChI=1S/C10H20FN/c1-4-9(3)10(12-5-2)7-6-8-11/h9H,4-8H2,1-3H3/b12-10-. The van der Waals surface area contributed by atoms with E-state index in [1.54, 1.807) is 0 Å². The van der Waals surface area contributed by atoms with E-state index in [1.807, 2.05) is 6.92 Å². The monoisotopic (exact) mass is 173 g/mol. The van der Waals surface area contributed by atoms with Gasteiger partial charge in [-0.15, -0.1) is 0 Å². The molecule has 1 atom stereocenters. The first-order chi connectivity index (χ1) is 5.76. The Hall–Kier alpha value is -0.400. The number of nitrogens with zero attached hydrogens (tertiary/aromatic N) is 1. The molecule has 1 nitrogen and oxygen atoms in total. The predicted molar refractivity (Wildman–Crippen MR) is 52.6 cm³/mol. The molecule has 2 heteroatoms. The Morgan fingerprint density at radius 1 is 1.42 bits per heavy atom. The van der Waals surface area contributed by atoms with Gasteiger partial charge in [-0.3, -0.25) is 9.38 Å². The summed E-state index contributed by atoms with van der Waals surface area (Å²) in [5.41, 5.74) is 1.19. The van der Waals surface area contributed by atoms with Gasteiger partial charge >= 0.3 is 0 Å².